The molecular weight excluding hydrogens is 552 g/mol. The number of carbonyl (C=O) groups excluding carboxylic acids is 1. The first kappa shape index (κ1) is 35.0. The predicted molar refractivity (Wildman–Crippen MR) is 124 cm³/mol. The molecule has 0 fully saturated rings. The van der Waals surface area contributed by atoms with Crippen LogP contribution in [-0.4, -0.2) is 95.4 Å². The van der Waals surface area contributed by atoms with Gasteiger partial charge in [0.1, 0.15) is 5.92 Å². The Morgan fingerprint density at radius 1 is 1.05 bits per heavy atom. The molecule has 1 aliphatic rings. The number of anilines is 1. The Bertz CT molecular complexity index is 952. The molecule has 1 amide bonds. The summed E-state index contributed by atoms with van der Waals surface area (Å²) in [5, 5.41) is 23.6. The lowest BCUT2D eigenvalue weighted by atomic mass is 9.92. The topological polar surface area (TPSA) is 161 Å². The molecule has 0 aliphatic carbocycles. The minimum Gasteiger partial charge on any atom is -0.481 e. The number of carbonyl (C=O) groups is 4. The number of aliphatic carboxylic acids is 3. The molecule has 10 nitrogen and oxygen atoms in total. The van der Waals surface area contributed by atoms with Crippen molar-refractivity contribution in [2.45, 2.75) is 30.6 Å². The van der Waals surface area contributed by atoms with Gasteiger partial charge in [-0.3, -0.25) is 9.59 Å². The lowest BCUT2D eigenvalue weighted by Gasteiger charge is -2.32. The van der Waals surface area contributed by atoms with E-state index in [1.165, 1.54) is 0 Å². The largest absolute Gasteiger partial charge is 0.490 e. The number of thioether (sulfide) groups is 1. The van der Waals surface area contributed by atoms with E-state index in [0.29, 0.717) is 13.1 Å². The van der Waals surface area contributed by atoms with E-state index in [4.69, 9.17) is 25.5 Å². The minimum atomic E-state index is -5.08. The van der Waals surface area contributed by atoms with Crippen molar-refractivity contribution in [1.29, 1.82) is 0 Å². The number of likely N-dealkylation sites (N-methyl/N-ethyl adjacent to an activating group) is 1. The third kappa shape index (κ3) is 12.0. The zero-order valence-electron chi connectivity index (χ0n) is 20.2. The fourth-order valence-electron chi connectivity index (χ4n) is 2.86. The number of fused-ring (bicyclic) bond motifs is 1. The van der Waals surface area contributed by atoms with Crippen LogP contribution in [0, 0.1) is 5.92 Å². The van der Waals surface area contributed by atoms with Crippen LogP contribution in [0.15, 0.2) is 23.1 Å². The smallest absolute Gasteiger partial charge is 0.481 e. The van der Waals surface area contributed by atoms with Crippen molar-refractivity contribution in [2.75, 3.05) is 43.9 Å². The third-order valence-corrected chi connectivity index (χ3v) is 5.66. The van der Waals surface area contributed by atoms with Gasteiger partial charge in [0.25, 0.3) is 0 Å². The number of nitrogens with zero attached hydrogens (tertiary/aromatic N) is 2. The number of hydrogen-bond acceptors (Lipinski definition) is 7. The maximum Gasteiger partial charge on any atom is 0.490 e. The van der Waals surface area contributed by atoms with Gasteiger partial charge in [0.15, 0.2) is 0 Å². The molecule has 1 atom stereocenters. The van der Waals surface area contributed by atoms with Crippen molar-refractivity contribution in [3.8, 4) is 0 Å². The van der Waals surface area contributed by atoms with Crippen LogP contribution < -0.4 is 10.6 Å². The zero-order valence-corrected chi connectivity index (χ0v) is 21.0. The Labute approximate surface area is 217 Å². The first-order valence-electron chi connectivity index (χ1n) is 10.6. The lowest BCUT2D eigenvalue weighted by molar-refractivity contribution is -0.193. The Morgan fingerprint density at radius 3 is 1.95 bits per heavy atom. The number of carboxylic acid groups (broad SMARTS) is 3. The van der Waals surface area contributed by atoms with E-state index in [2.05, 4.69) is 4.90 Å². The van der Waals surface area contributed by atoms with Gasteiger partial charge in [-0.2, -0.15) is 26.3 Å². The van der Waals surface area contributed by atoms with Crippen molar-refractivity contribution in [2.24, 2.45) is 11.7 Å². The fraction of sp³-hybridized carbons (Fsp3) is 0.524. The van der Waals surface area contributed by atoms with E-state index in [-0.39, 0.29) is 12.3 Å². The quantitative estimate of drug-likeness (QED) is 0.205. The zero-order chi connectivity index (χ0) is 29.8. The summed E-state index contributed by atoms with van der Waals surface area (Å²) in [7, 11) is 2.04. The second-order valence-corrected chi connectivity index (χ2v) is 8.68. The molecule has 1 aromatic carbocycles. The van der Waals surface area contributed by atoms with Crippen LogP contribution in [0.3, 0.4) is 0 Å². The van der Waals surface area contributed by atoms with E-state index in [9.17, 15) is 41.0 Å². The van der Waals surface area contributed by atoms with Crippen LogP contribution in [0.1, 0.15) is 12.5 Å². The van der Waals surface area contributed by atoms with Gasteiger partial charge in [-0.05, 0) is 44.2 Å². The molecule has 0 saturated carbocycles. The number of carboxylic acids is 3. The molecule has 5 N–H and O–H groups in total. The van der Waals surface area contributed by atoms with Crippen LogP contribution in [0.2, 0.25) is 0 Å². The molecule has 17 heteroatoms. The van der Waals surface area contributed by atoms with Crippen LogP contribution in [0.5, 0.6) is 0 Å². The molecule has 0 radical (unpaired) electrons. The molecule has 2 rings (SSSR count). The number of amides is 1. The van der Waals surface area contributed by atoms with E-state index in [1.54, 1.807) is 16.7 Å². The third-order valence-electron chi connectivity index (χ3n) is 4.68. The van der Waals surface area contributed by atoms with E-state index in [0.717, 1.165) is 35.0 Å². The van der Waals surface area contributed by atoms with E-state index >= 15 is 0 Å². The Morgan fingerprint density at radius 2 is 1.55 bits per heavy atom. The van der Waals surface area contributed by atoms with Crippen molar-refractivity contribution < 1.29 is 60.8 Å². The molecule has 0 spiro atoms. The molecule has 0 aromatic heterocycles. The maximum absolute atomic E-state index is 12.3. The number of benzene rings is 1. The van der Waals surface area contributed by atoms with Gasteiger partial charge < -0.3 is 30.9 Å². The first-order chi connectivity index (χ1) is 17.4. The SMILES string of the molecule is CCN1C(=O)C(C(=O)O)Cc2cc(SCCN(C)CCN)ccc21.O=C(O)C(F)(F)F.O=C(O)C(F)(F)F. The monoisotopic (exact) mass is 579 g/mol. The summed E-state index contributed by atoms with van der Waals surface area (Å²) < 4.78 is 63.5. The Hall–Kier alpha value is -3.05. The highest BCUT2D eigenvalue weighted by atomic mass is 32.2. The van der Waals surface area contributed by atoms with Crippen LogP contribution in [-0.2, 0) is 25.6 Å². The molecule has 1 unspecified atom stereocenters. The van der Waals surface area contributed by atoms with Gasteiger partial charge in [-0.1, -0.05) is 0 Å². The molecular formula is C21H27F6N3O7S. The van der Waals surface area contributed by atoms with E-state index in [1.807, 2.05) is 32.2 Å². The van der Waals surface area contributed by atoms with Crippen LogP contribution in [0.4, 0.5) is 32.0 Å². The normalized spacial score (nSPS) is 15.1. The molecule has 1 aromatic rings. The Kier molecular flexibility index (Phi) is 14.1. The summed E-state index contributed by atoms with van der Waals surface area (Å²) in [6.07, 6.45) is -9.90. The maximum atomic E-state index is 12.3. The van der Waals surface area contributed by atoms with Crippen molar-refractivity contribution in [3.05, 3.63) is 23.8 Å². The molecule has 0 bridgehead atoms. The highest BCUT2D eigenvalue weighted by molar-refractivity contribution is 7.99. The Balaban J connectivity index is 0.000000804. The van der Waals surface area contributed by atoms with Crippen molar-refractivity contribution >= 4 is 41.3 Å². The molecule has 1 heterocycles. The van der Waals surface area contributed by atoms with Gasteiger partial charge in [0, 0.05) is 42.5 Å². The van der Waals surface area contributed by atoms with Crippen LogP contribution in [0.25, 0.3) is 0 Å². The number of nitrogens with two attached hydrogens (primary N) is 1. The summed E-state index contributed by atoms with van der Waals surface area (Å²) in [6.45, 7) is 4.81. The van der Waals surface area contributed by atoms with Gasteiger partial charge in [0.2, 0.25) is 5.91 Å². The molecule has 1 aliphatic heterocycles. The number of rotatable bonds is 8. The second kappa shape index (κ2) is 15.4. The molecule has 38 heavy (non-hydrogen) atoms. The van der Waals surface area contributed by atoms with Gasteiger partial charge in [0.05, 0.1) is 0 Å². The molecule has 0 saturated heterocycles. The predicted octanol–water partition coefficient (Wildman–Crippen LogP) is 2.55. The summed E-state index contributed by atoms with van der Waals surface area (Å²) in [6, 6.07) is 5.96. The van der Waals surface area contributed by atoms with Crippen molar-refractivity contribution in [1.82, 2.24) is 4.90 Å². The van der Waals surface area contributed by atoms with Gasteiger partial charge in [-0.25, -0.2) is 9.59 Å². The summed E-state index contributed by atoms with van der Waals surface area (Å²) in [5.74, 6) is -6.92. The average Bonchev–Trinajstić information content (AvgIpc) is 2.78. The van der Waals surface area contributed by atoms with Crippen LogP contribution >= 0.6 is 11.8 Å². The van der Waals surface area contributed by atoms with E-state index < -0.39 is 36.2 Å². The lowest BCUT2D eigenvalue weighted by Crippen LogP contribution is -2.44. The standard InChI is InChI=1S/C17H25N3O3S.2C2HF3O2/c1-3-20-15-5-4-13(24-9-8-19(2)7-6-18)10-12(15)11-14(16(20)21)17(22)23;2*3-2(4,5)1(6)7/h4-5,10,14H,3,6-9,11,18H2,1-2H3,(H,22,23);2*(H,6,7). The fourth-order valence-corrected chi connectivity index (χ4v) is 3.89. The summed E-state index contributed by atoms with van der Waals surface area (Å²) >= 11 is 1.73. The van der Waals surface area contributed by atoms with Crippen molar-refractivity contribution in [3.63, 3.8) is 0 Å². The second-order valence-electron chi connectivity index (χ2n) is 7.51. The number of hydrogen-bond donors (Lipinski definition) is 4. The van der Waals surface area contributed by atoms with Gasteiger partial charge in [-0.15, -0.1) is 11.8 Å². The number of halogens is 6. The molecule has 216 valence electrons. The summed E-state index contributed by atoms with van der Waals surface area (Å²) in [5.41, 5.74) is 7.31. The highest BCUT2D eigenvalue weighted by Crippen LogP contribution is 2.34. The first-order valence-corrected chi connectivity index (χ1v) is 11.6. The highest BCUT2D eigenvalue weighted by Gasteiger charge is 2.39. The number of alkyl halides is 6. The summed E-state index contributed by atoms with van der Waals surface area (Å²) in [4.78, 5) is 46.3. The average molecular weight is 580 g/mol. The van der Waals surface area contributed by atoms with Gasteiger partial charge >= 0.3 is 30.3 Å². The minimum absolute atomic E-state index is 0.265.